The molecule has 2 heterocycles. The maximum Gasteiger partial charge on any atom is 0.274 e. The molecule has 1 aromatic heterocycles. The van der Waals surface area contributed by atoms with Gasteiger partial charge in [-0.1, -0.05) is 6.07 Å². The van der Waals surface area contributed by atoms with Crippen molar-refractivity contribution in [3.05, 3.63) is 70.8 Å². The normalized spacial score (nSPS) is 13.6. The molecule has 0 fully saturated rings. The monoisotopic (exact) mass is 381 g/mol. The first-order valence-electron chi connectivity index (χ1n) is 9.02. The van der Waals surface area contributed by atoms with Crippen molar-refractivity contribution >= 4 is 5.91 Å². The molecule has 1 amide bonds. The molecule has 0 atom stereocenters. The number of rotatable bonds is 3. The molecule has 7 heteroatoms. The number of halogens is 1. The maximum atomic E-state index is 13.2. The summed E-state index contributed by atoms with van der Waals surface area (Å²) >= 11 is 0. The molecule has 0 saturated heterocycles. The second-order valence-corrected chi connectivity index (χ2v) is 6.74. The highest BCUT2D eigenvalue weighted by Gasteiger charge is 2.25. The zero-order valence-corrected chi connectivity index (χ0v) is 15.4. The van der Waals surface area contributed by atoms with Crippen LogP contribution in [0.1, 0.15) is 27.3 Å². The number of hydrogen-bond acceptors (Lipinski definition) is 4. The Hall–Kier alpha value is -3.19. The Balaban J connectivity index is 1.61. The van der Waals surface area contributed by atoms with E-state index in [1.54, 1.807) is 24.0 Å². The van der Waals surface area contributed by atoms with Crippen LogP contribution in [0.15, 0.2) is 42.5 Å². The Kier molecular flexibility index (Phi) is 4.83. The van der Waals surface area contributed by atoms with Gasteiger partial charge in [0.1, 0.15) is 29.7 Å². The van der Waals surface area contributed by atoms with E-state index in [1.807, 2.05) is 18.2 Å². The molecule has 0 radical (unpaired) electrons. The number of aliphatic hydroxyl groups is 1. The summed E-state index contributed by atoms with van der Waals surface area (Å²) in [6.45, 7) is 2.91. The number of hydrogen-bond donors (Lipinski definition) is 2. The van der Waals surface area contributed by atoms with Gasteiger partial charge in [-0.2, -0.15) is 0 Å². The fourth-order valence-electron chi connectivity index (χ4n) is 3.28. The number of aromatic nitrogens is 2. The summed E-state index contributed by atoms with van der Waals surface area (Å²) in [5, 5.41) is 9.37. The van der Waals surface area contributed by atoms with Gasteiger partial charge in [0, 0.05) is 23.4 Å². The van der Waals surface area contributed by atoms with Crippen molar-refractivity contribution in [2.45, 2.75) is 20.1 Å². The van der Waals surface area contributed by atoms with Gasteiger partial charge in [0.05, 0.1) is 13.2 Å². The second-order valence-electron chi connectivity index (χ2n) is 6.74. The van der Waals surface area contributed by atoms with Gasteiger partial charge in [-0.3, -0.25) is 4.79 Å². The number of aryl methyl sites for hydroxylation is 1. The number of aromatic amines is 1. The van der Waals surface area contributed by atoms with Crippen molar-refractivity contribution in [1.29, 1.82) is 0 Å². The molecule has 2 aromatic carbocycles. The number of ether oxygens (including phenoxy) is 1. The molecule has 28 heavy (non-hydrogen) atoms. The minimum atomic E-state index is -0.325. The quantitative estimate of drug-likeness (QED) is 0.731. The van der Waals surface area contributed by atoms with Crippen LogP contribution >= 0.6 is 0 Å². The number of fused-ring (bicyclic) bond motifs is 1. The molecule has 4 rings (SSSR count). The SMILES string of the molecule is Cc1[nH]c(-c2ccc(F)cc2)nc1C(=O)N1CCOc2ccc(CO)cc2C1. The molecule has 0 spiro atoms. The summed E-state index contributed by atoms with van der Waals surface area (Å²) < 4.78 is 18.9. The average molecular weight is 381 g/mol. The number of H-pyrrole nitrogens is 1. The number of nitrogens with zero attached hydrogens (tertiary/aromatic N) is 2. The van der Waals surface area contributed by atoms with Gasteiger partial charge in [0.2, 0.25) is 0 Å². The molecular formula is C21H20FN3O3. The van der Waals surface area contributed by atoms with E-state index in [4.69, 9.17) is 4.74 Å². The third kappa shape index (κ3) is 3.48. The first kappa shape index (κ1) is 18.2. The molecule has 3 aromatic rings. The Morgan fingerprint density at radius 2 is 2.07 bits per heavy atom. The Morgan fingerprint density at radius 3 is 2.82 bits per heavy atom. The number of carbonyl (C=O) groups is 1. The second kappa shape index (κ2) is 7.44. The fraction of sp³-hybridized carbons (Fsp3) is 0.238. The molecule has 1 aliphatic heterocycles. The molecule has 0 saturated carbocycles. The van der Waals surface area contributed by atoms with Crippen LogP contribution in [0.2, 0.25) is 0 Å². The van der Waals surface area contributed by atoms with Crippen LogP contribution in [-0.4, -0.2) is 39.0 Å². The lowest BCUT2D eigenvalue weighted by Gasteiger charge is -2.19. The summed E-state index contributed by atoms with van der Waals surface area (Å²) in [5.41, 5.74) is 3.32. The van der Waals surface area contributed by atoms with E-state index in [2.05, 4.69) is 9.97 Å². The van der Waals surface area contributed by atoms with E-state index in [0.29, 0.717) is 42.5 Å². The standard InChI is InChI=1S/C21H20FN3O3/c1-13-19(24-20(23-13)15-3-5-17(22)6-4-15)21(27)25-8-9-28-18-7-2-14(12-26)10-16(18)11-25/h2-7,10,26H,8-9,11-12H2,1H3,(H,23,24). The van der Waals surface area contributed by atoms with Crippen LogP contribution in [-0.2, 0) is 13.2 Å². The predicted molar refractivity (Wildman–Crippen MR) is 101 cm³/mol. The van der Waals surface area contributed by atoms with Crippen molar-refractivity contribution in [3.8, 4) is 17.1 Å². The number of nitrogens with one attached hydrogen (secondary N) is 1. The van der Waals surface area contributed by atoms with Crippen molar-refractivity contribution in [2.75, 3.05) is 13.2 Å². The smallest absolute Gasteiger partial charge is 0.274 e. The predicted octanol–water partition coefficient (Wildman–Crippen LogP) is 3.05. The van der Waals surface area contributed by atoms with Gasteiger partial charge < -0.3 is 19.7 Å². The molecule has 6 nitrogen and oxygen atoms in total. The number of aliphatic hydroxyl groups excluding tert-OH is 1. The highest BCUT2D eigenvalue weighted by molar-refractivity contribution is 5.94. The summed E-state index contributed by atoms with van der Waals surface area (Å²) in [6.07, 6.45) is 0. The minimum absolute atomic E-state index is 0.0687. The molecule has 0 unspecified atom stereocenters. The van der Waals surface area contributed by atoms with Crippen LogP contribution in [0.25, 0.3) is 11.4 Å². The fourth-order valence-corrected chi connectivity index (χ4v) is 3.28. The molecule has 2 N–H and O–H groups in total. The average Bonchev–Trinajstić information content (AvgIpc) is 2.96. The van der Waals surface area contributed by atoms with Crippen molar-refractivity contribution in [3.63, 3.8) is 0 Å². The van der Waals surface area contributed by atoms with Crippen LogP contribution in [0.4, 0.5) is 4.39 Å². The molecule has 0 aliphatic carbocycles. The third-order valence-electron chi connectivity index (χ3n) is 4.78. The summed E-state index contributed by atoms with van der Waals surface area (Å²) in [6, 6.07) is 11.4. The number of benzene rings is 2. The van der Waals surface area contributed by atoms with Gasteiger partial charge in [-0.05, 0) is 48.9 Å². The van der Waals surface area contributed by atoms with Crippen molar-refractivity contribution in [1.82, 2.24) is 14.9 Å². The van der Waals surface area contributed by atoms with Gasteiger partial charge in [-0.15, -0.1) is 0 Å². The highest BCUT2D eigenvalue weighted by Crippen LogP contribution is 2.26. The largest absolute Gasteiger partial charge is 0.491 e. The first-order valence-corrected chi connectivity index (χ1v) is 9.02. The van der Waals surface area contributed by atoms with Gasteiger partial charge >= 0.3 is 0 Å². The number of amides is 1. The number of carbonyl (C=O) groups excluding carboxylic acids is 1. The van der Waals surface area contributed by atoms with Crippen LogP contribution in [0, 0.1) is 12.7 Å². The van der Waals surface area contributed by atoms with E-state index >= 15 is 0 Å². The lowest BCUT2D eigenvalue weighted by molar-refractivity contribution is 0.0727. The Morgan fingerprint density at radius 1 is 1.29 bits per heavy atom. The molecular weight excluding hydrogens is 361 g/mol. The van der Waals surface area contributed by atoms with Gasteiger partial charge in [0.25, 0.3) is 5.91 Å². The van der Waals surface area contributed by atoms with Crippen molar-refractivity contribution < 1.29 is 19.0 Å². The first-order chi connectivity index (χ1) is 13.5. The van der Waals surface area contributed by atoms with Gasteiger partial charge in [0.15, 0.2) is 0 Å². The van der Waals surface area contributed by atoms with E-state index in [9.17, 15) is 14.3 Å². The zero-order valence-electron chi connectivity index (χ0n) is 15.4. The van der Waals surface area contributed by atoms with E-state index < -0.39 is 0 Å². The third-order valence-corrected chi connectivity index (χ3v) is 4.78. The molecule has 144 valence electrons. The highest BCUT2D eigenvalue weighted by atomic mass is 19.1. The van der Waals surface area contributed by atoms with Crippen LogP contribution in [0.3, 0.4) is 0 Å². The molecule has 0 bridgehead atoms. The van der Waals surface area contributed by atoms with E-state index in [-0.39, 0.29) is 18.3 Å². The number of imidazole rings is 1. The summed E-state index contributed by atoms with van der Waals surface area (Å²) in [4.78, 5) is 22.4. The van der Waals surface area contributed by atoms with Crippen LogP contribution < -0.4 is 4.74 Å². The van der Waals surface area contributed by atoms with E-state index in [1.165, 1.54) is 12.1 Å². The summed E-state index contributed by atoms with van der Waals surface area (Å²) in [5.74, 6) is 0.718. The summed E-state index contributed by atoms with van der Waals surface area (Å²) in [7, 11) is 0. The van der Waals surface area contributed by atoms with Crippen LogP contribution in [0.5, 0.6) is 5.75 Å². The lowest BCUT2D eigenvalue weighted by atomic mass is 10.1. The topological polar surface area (TPSA) is 78.5 Å². The maximum absolute atomic E-state index is 13.2. The lowest BCUT2D eigenvalue weighted by Crippen LogP contribution is -2.33. The minimum Gasteiger partial charge on any atom is -0.491 e. The Bertz CT molecular complexity index is 1010. The van der Waals surface area contributed by atoms with Gasteiger partial charge in [-0.25, -0.2) is 9.37 Å². The Labute approximate surface area is 161 Å². The molecule has 1 aliphatic rings. The zero-order chi connectivity index (χ0) is 19.7. The van der Waals surface area contributed by atoms with Crippen molar-refractivity contribution in [2.24, 2.45) is 0 Å². The van der Waals surface area contributed by atoms with E-state index in [0.717, 1.165) is 16.9 Å².